The van der Waals surface area contributed by atoms with Gasteiger partial charge in [0.2, 0.25) is 0 Å². The average Bonchev–Trinajstić information content (AvgIpc) is 2.92. The van der Waals surface area contributed by atoms with E-state index in [0.29, 0.717) is 26.4 Å². The maximum absolute atomic E-state index is 5.79. The van der Waals surface area contributed by atoms with Gasteiger partial charge in [-0.05, 0) is 0 Å². The zero-order valence-electron chi connectivity index (χ0n) is 8.30. The number of rotatable bonds is 1. The van der Waals surface area contributed by atoms with Gasteiger partial charge >= 0.3 is 89.8 Å². The van der Waals surface area contributed by atoms with E-state index in [4.69, 9.17) is 14.9 Å². The molecule has 15 heavy (non-hydrogen) atoms. The molecule has 0 bridgehead atoms. The van der Waals surface area contributed by atoms with Gasteiger partial charge in [-0.2, -0.15) is 0 Å². The molecule has 1 aromatic carbocycles. The molecular formula is C10H13AsO4. The second-order valence-electron chi connectivity index (χ2n) is 3.48. The van der Waals surface area contributed by atoms with E-state index in [9.17, 15) is 0 Å². The second-order valence-corrected chi connectivity index (χ2v) is 10.1. The summed E-state index contributed by atoms with van der Waals surface area (Å²) in [5, 5.41) is 0. The summed E-state index contributed by atoms with van der Waals surface area (Å²) < 4.78 is 24.1. The molecule has 4 nitrogen and oxygen atoms in total. The van der Waals surface area contributed by atoms with E-state index in [0.717, 1.165) is 4.35 Å². The monoisotopic (exact) mass is 272 g/mol. The maximum atomic E-state index is 5.79. The number of benzene rings is 1. The fraction of sp³-hybridized carbons (Fsp3) is 0.400. The molecule has 0 amide bonds. The first kappa shape index (κ1) is 9.82. The van der Waals surface area contributed by atoms with E-state index in [1.807, 2.05) is 30.3 Å². The SMILES string of the molecule is c1ccc([As]23(OCCO2)OCCO3)cc1. The van der Waals surface area contributed by atoms with Crippen LogP contribution in [0.3, 0.4) is 0 Å². The van der Waals surface area contributed by atoms with Gasteiger partial charge in [-0.1, -0.05) is 0 Å². The van der Waals surface area contributed by atoms with Gasteiger partial charge in [0.1, 0.15) is 0 Å². The van der Waals surface area contributed by atoms with Crippen molar-refractivity contribution in [3.63, 3.8) is 0 Å². The Hall–Kier alpha value is -0.382. The average molecular weight is 272 g/mol. The third kappa shape index (κ3) is 1.30. The van der Waals surface area contributed by atoms with Crippen LogP contribution in [0.1, 0.15) is 0 Å². The predicted molar refractivity (Wildman–Crippen MR) is 55.6 cm³/mol. The van der Waals surface area contributed by atoms with Gasteiger partial charge in [0.25, 0.3) is 0 Å². The summed E-state index contributed by atoms with van der Waals surface area (Å²) in [6.45, 7) is 2.22. The Balaban J connectivity index is 2.12. The Morgan fingerprint density at radius 1 is 0.733 bits per heavy atom. The Kier molecular flexibility index (Phi) is 2.16. The van der Waals surface area contributed by atoms with Gasteiger partial charge in [-0.3, -0.25) is 0 Å². The van der Waals surface area contributed by atoms with E-state index in [2.05, 4.69) is 0 Å². The van der Waals surface area contributed by atoms with Crippen LogP contribution in [0, 0.1) is 0 Å². The van der Waals surface area contributed by atoms with Gasteiger partial charge in [0, 0.05) is 0 Å². The van der Waals surface area contributed by atoms with Crippen LogP contribution in [0.15, 0.2) is 30.3 Å². The molecule has 0 atom stereocenters. The molecule has 5 heteroatoms. The van der Waals surface area contributed by atoms with E-state index in [1.54, 1.807) is 0 Å². The molecule has 2 saturated heterocycles. The van der Waals surface area contributed by atoms with Crippen LogP contribution in [0.2, 0.25) is 0 Å². The van der Waals surface area contributed by atoms with Crippen molar-refractivity contribution in [3.8, 4) is 0 Å². The Labute approximate surface area is 90.1 Å². The van der Waals surface area contributed by atoms with Crippen LogP contribution in [0.25, 0.3) is 0 Å². The van der Waals surface area contributed by atoms with Crippen molar-refractivity contribution in [1.29, 1.82) is 0 Å². The standard InChI is InChI=1S/C10H13AsO4/c1-2-4-10(5-3-1)11(12-6-7-13-11)14-8-9-15-11/h1-5H,6-9H2. The first-order valence-corrected chi connectivity index (χ1v) is 9.02. The first-order valence-electron chi connectivity index (χ1n) is 5.02. The van der Waals surface area contributed by atoms with Crippen LogP contribution in [0.5, 0.6) is 0 Å². The molecule has 3 rings (SSSR count). The molecule has 0 unspecified atom stereocenters. The van der Waals surface area contributed by atoms with Gasteiger partial charge < -0.3 is 0 Å². The van der Waals surface area contributed by atoms with Crippen molar-refractivity contribution in [2.24, 2.45) is 0 Å². The van der Waals surface area contributed by atoms with E-state index >= 15 is 0 Å². The van der Waals surface area contributed by atoms with Crippen LogP contribution in [-0.4, -0.2) is 40.2 Å². The molecule has 82 valence electrons. The molecule has 2 aliphatic heterocycles. The molecule has 0 saturated carbocycles. The fourth-order valence-corrected chi connectivity index (χ4v) is 8.81. The van der Waals surface area contributed by atoms with E-state index in [1.165, 1.54) is 0 Å². The Bertz CT molecular complexity index is 331. The third-order valence-electron chi connectivity index (χ3n) is 2.60. The molecule has 0 aromatic heterocycles. The molecule has 2 heterocycles. The zero-order chi connectivity index (χ0) is 10.2. The summed E-state index contributed by atoms with van der Waals surface area (Å²) >= 11 is -3.97. The van der Waals surface area contributed by atoms with Crippen molar-refractivity contribution in [2.45, 2.75) is 0 Å². The zero-order valence-corrected chi connectivity index (χ0v) is 10.2. The minimum atomic E-state index is -3.97. The van der Waals surface area contributed by atoms with Crippen LogP contribution in [0.4, 0.5) is 0 Å². The summed E-state index contributed by atoms with van der Waals surface area (Å²) in [7, 11) is 0. The molecule has 0 N–H and O–H groups in total. The van der Waals surface area contributed by atoms with E-state index < -0.39 is 13.8 Å². The molecule has 0 radical (unpaired) electrons. The van der Waals surface area contributed by atoms with Crippen LogP contribution < -0.4 is 4.35 Å². The molecule has 1 spiro atoms. The summed E-state index contributed by atoms with van der Waals surface area (Å²) in [5.41, 5.74) is 0. The minimum absolute atomic E-state index is 0.556. The van der Waals surface area contributed by atoms with E-state index in [-0.39, 0.29) is 0 Å². The predicted octanol–water partition coefficient (Wildman–Crippen LogP) is 0.377. The number of hydrogen-bond acceptors (Lipinski definition) is 4. The molecule has 1 aromatic rings. The summed E-state index contributed by atoms with van der Waals surface area (Å²) in [5.74, 6) is 0. The van der Waals surface area contributed by atoms with Gasteiger partial charge in [-0.15, -0.1) is 0 Å². The van der Waals surface area contributed by atoms with Gasteiger partial charge in [0.05, 0.1) is 0 Å². The fourth-order valence-electron chi connectivity index (χ4n) is 1.97. The first-order chi connectivity index (χ1) is 7.34. The van der Waals surface area contributed by atoms with Crippen LogP contribution in [-0.2, 0) is 14.9 Å². The quantitative estimate of drug-likeness (QED) is 0.692. The van der Waals surface area contributed by atoms with Gasteiger partial charge in [0.15, 0.2) is 0 Å². The van der Waals surface area contributed by atoms with Crippen molar-refractivity contribution in [3.05, 3.63) is 30.3 Å². The third-order valence-corrected chi connectivity index (χ3v) is 10.3. The van der Waals surface area contributed by atoms with Crippen molar-refractivity contribution >= 4 is 18.2 Å². The molecule has 0 aliphatic carbocycles. The van der Waals surface area contributed by atoms with Crippen molar-refractivity contribution in [1.82, 2.24) is 0 Å². The number of hydrogen-bond donors (Lipinski definition) is 0. The van der Waals surface area contributed by atoms with Crippen molar-refractivity contribution in [2.75, 3.05) is 26.4 Å². The summed E-state index contributed by atoms with van der Waals surface area (Å²) in [4.78, 5) is 0. The topological polar surface area (TPSA) is 36.9 Å². The molecule has 2 fully saturated rings. The van der Waals surface area contributed by atoms with Crippen molar-refractivity contribution < 1.29 is 14.9 Å². The summed E-state index contributed by atoms with van der Waals surface area (Å²) in [6.07, 6.45) is 0. The van der Waals surface area contributed by atoms with Crippen LogP contribution >= 0.6 is 0 Å². The molecular weight excluding hydrogens is 259 g/mol. The normalized spacial score (nSPS) is 30.0. The Morgan fingerprint density at radius 3 is 1.67 bits per heavy atom. The summed E-state index contributed by atoms with van der Waals surface area (Å²) in [6, 6.07) is 9.78. The molecule has 2 aliphatic rings. The van der Waals surface area contributed by atoms with Gasteiger partial charge in [-0.25, -0.2) is 0 Å². The second kappa shape index (κ2) is 3.30. The Morgan fingerprint density at radius 2 is 1.20 bits per heavy atom.